The van der Waals surface area contributed by atoms with Crippen LogP contribution in [-0.4, -0.2) is 19.8 Å². The molecule has 0 aromatic carbocycles. The second kappa shape index (κ2) is 3.74. The van der Waals surface area contributed by atoms with E-state index in [1.807, 2.05) is 6.07 Å². The molecule has 0 unspecified atom stereocenters. The van der Waals surface area contributed by atoms with Crippen molar-refractivity contribution in [3.05, 3.63) is 34.8 Å². The van der Waals surface area contributed by atoms with Gasteiger partial charge in [-0.1, -0.05) is 11.6 Å². The second-order valence-electron chi connectivity index (χ2n) is 3.71. The van der Waals surface area contributed by atoms with E-state index in [9.17, 15) is 0 Å². The van der Waals surface area contributed by atoms with Crippen molar-refractivity contribution >= 4 is 49.3 Å². The maximum absolute atomic E-state index is 5.91. The molecule has 0 amide bonds. The summed E-state index contributed by atoms with van der Waals surface area (Å²) in [7, 11) is 0. The van der Waals surface area contributed by atoms with Crippen LogP contribution in [0.3, 0.4) is 0 Å². The Hall–Kier alpha value is -1.50. The van der Waals surface area contributed by atoms with E-state index in [1.165, 1.54) is 9.40 Å². The summed E-state index contributed by atoms with van der Waals surface area (Å²) in [6.07, 6.45) is 0. The summed E-state index contributed by atoms with van der Waals surface area (Å²) in [5, 5.41) is 15.0. The second-order valence-corrected chi connectivity index (χ2v) is 6.13. The van der Waals surface area contributed by atoms with Gasteiger partial charge in [0.05, 0.1) is 4.88 Å². The van der Waals surface area contributed by atoms with Gasteiger partial charge in [-0.2, -0.15) is 9.61 Å². The predicted molar refractivity (Wildman–Crippen MR) is 74.5 cm³/mol. The van der Waals surface area contributed by atoms with Crippen molar-refractivity contribution in [2.24, 2.45) is 0 Å². The third-order valence-electron chi connectivity index (χ3n) is 2.59. The van der Waals surface area contributed by atoms with Gasteiger partial charge in [0, 0.05) is 9.40 Å². The zero-order valence-electron chi connectivity index (χ0n) is 8.87. The number of nitrogens with zero attached hydrogens (tertiary/aromatic N) is 4. The fourth-order valence-corrected chi connectivity index (χ4v) is 4.01. The molecule has 0 bridgehead atoms. The van der Waals surface area contributed by atoms with Crippen LogP contribution in [0.4, 0.5) is 0 Å². The Morgan fingerprint density at radius 1 is 1.11 bits per heavy atom. The van der Waals surface area contributed by atoms with Gasteiger partial charge in [-0.3, -0.25) is 0 Å². The summed E-state index contributed by atoms with van der Waals surface area (Å²) in [6.45, 7) is 0. The molecule has 7 heteroatoms. The Morgan fingerprint density at radius 3 is 2.94 bits per heavy atom. The summed E-state index contributed by atoms with van der Waals surface area (Å²) >= 11 is 9.32. The molecule has 4 aromatic rings. The predicted octanol–water partition coefficient (Wildman–Crippen LogP) is 3.72. The zero-order valence-corrected chi connectivity index (χ0v) is 11.3. The van der Waals surface area contributed by atoms with Crippen molar-refractivity contribution in [1.29, 1.82) is 0 Å². The van der Waals surface area contributed by atoms with Crippen molar-refractivity contribution in [2.45, 2.75) is 0 Å². The molecule has 4 nitrogen and oxygen atoms in total. The molecule has 0 saturated carbocycles. The van der Waals surface area contributed by atoms with Crippen LogP contribution in [-0.2, 0) is 0 Å². The van der Waals surface area contributed by atoms with Gasteiger partial charge in [0.25, 0.3) is 0 Å². The SMILES string of the molecule is Clc1ccc2nnc(-c3cc4sccc4s3)n2n1. The number of fused-ring (bicyclic) bond motifs is 2. The molecule has 4 aromatic heterocycles. The molecule has 88 valence electrons. The average Bonchev–Trinajstić information content (AvgIpc) is 2.99. The van der Waals surface area contributed by atoms with Gasteiger partial charge in [-0.15, -0.1) is 32.9 Å². The van der Waals surface area contributed by atoms with E-state index in [0.717, 1.165) is 10.7 Å². The van der Waals surface area contributed by atoms with E-state index in [0.29, 0.717) is 10.8 Å². The van der Waals surface area contributed by atoms with Gasteiger partial charge < -0.3 is 0 Å². The van der Waals surface area contributed by atoms with E-state index >= 15 is 0 Å². The minimum atomic E-state index is 0.432. The molecular weight excluding hydrogens is 288 g/mol. The molecule has 4 heterocycles. The topological polar surface area (TPSA) is 43.1 Å². The maximum Gasteiger partial charge on any atom is 0.195 e. The lowest BCUT2D eigenvalue weighted by Crippen LogP contribution is -1.93. The molecule has 0 aliphatic heterocycles. The van der Waals surface area contributed by atoms with Crippen LogP contribution >= 0.6 is 34.3 Å². The van der Waals surface area contributed by atoms with E-state index in [4.69, 9.17) is 11.6 Å². The Morgan fingerprint density at radius 2 is 2.06 bits per heavy atom. The highest BCUT2D eigenvalue weighted by atomic mass is 35.5. The highest BCUT2D eigenvalue weighted by Crippen LogP contribution is 2.35. The molecule has 0 aliphatic carbocycles. The number of hydrogen-bond donors (Lipinski definition) is 0. The van der Waals surface area contributed by atoms with E-state index in [2.05, 4.69) is 32.8 Å². The van der Waals surface area contributed by atoms with Crippen LogP contribution in [0.25, 0.3) is 25.7 Å². The minimum Gasteiger partial charge on any atom is -0.190 e. The fourth-order valence-electron chi connectivity index (χ4n) is 1.80. The van der Waals surface area contributed by atoms with Crippen LogP contribution in [0, 0.1) is 0 Å². The third-order valence-corrected chi connectivity index (χ3v) is 4.88. The van der Waals surface area contributed by atoms with Crippen LogP contribution < -0.4 is 0 Å². The third kappa shape index (κ3) is 1.46. The molecule has 0 spiro atoms. The summed E-state index contributed by atoms with van der Waals surface area (Å²) in [5.41, 5.74) is 0.700. The molecular formula is C11H5ClN4S2. The van der Waals surface area contributed by atoms with Gasteiger partial charge in [0.1, 0.15) is 5.15 Å². The van der Waals surface area contributed by atoms with E-state index < -0.39 is 0 Å². The van der Waals surface area contributed by atoms with Crippen LogP contribution in [0.2, 0.25) is 5.15 Å². The molecule has 0 saturated heterocycles. The van der Waals surface area contributed by atoms with Crippen molar-refractivity contribution in [1.82, 2.24) is 19.8 Å². The van der Waals surface area contributed by atoms with E-state index in [1.54, 1.807) is 33.3 Å². The molecule has 0 N–H and O–H groups in total. The Labute approximate surface area is 114 Å². The first-order valence-corrected chi connectivity index (χ1v) is 7.24. The summed E-state index contributed by atoms with van der Waals surface area (Å²) in [5.74, 6) is 0.737. The van der Waals surface area contributed by atoms with Crippen LogP contribution in [0.15, 0.2) is 29.6 Å². The largest absolute Gasteiger partial charge is 0.195 e. The summed E-state index contributed by atoms with van der Waals surface area (Å²) in [4.78, 5) is 1.05. The highest BCUT2D eigenvalue weighted by Gasteiger charge is 2.13. The number of thiophene rings is 2. The van der Waals surface area contributed by atoms with Gasteiger partial charge in [0.15, 0.2) is 11.5 Å². The molecule has 0 radical (unpaired) electrons. The molecule has 18 heavy (non-hydrogen) atoms. The van der Waals surface area contributed by atoms with Gasteiger partial charge in [-0.05, 0) is 29.6 Å². The lowest BCUT2D eigenvalue weighted by atomic mass is 10.4. The molecule has 0 atom stereocenters. The average molecular weight is 293 g/mol. The van der Waals surface area contributed by atoms with Gasteiger partial charge in [0.2, 0.25) is 0 Å². The van der Waals surface area contributed by atoms with Crippen LogP contribution in [0.5, 0.6) is 0 Å². The van der Waals surface area contributed by atoms with Crippen molar-refractivity contribution < 1.29 is 0 Å². The standard InChI is InChI=1S/C11H5ClN4S2/c12-9-1-2-10-13-14-11(16(10)15-9)8-5-7-6(18-8)3-4-17-7/h1-5H. The number of rotatable bonds is 1. The smallest absolute Gasteiger partial charge is 0.190 e. The maximum atomic E-state index is 5.91. The quantitative estimate of drug-likeness (QED) is 0.537. The lowest BCUT2D eigenvalue weighted by Gasteiger charge is -1.95. The van der Waals surface area contributed by atoms with E-state index in [-0.39, 0.29) is 0 Å². The number of aromatic nitrogens is 4. The molecule has 0 fully saturated rings. The molecule has 0 aliphatic rings. The first kappa shape index (κ1) is 10.4. The minimum absolute atomic E-state index is 0.432. The Bertz CT molecular complexity index is 832. The fraction of sp³-hybridized carbons (Fsp3) is 0. The van der Waals surface area contributed by atoms with Crippen molar-refractivity contribution in [2.75, 3.05) is 0 Å². The number of halogens is 1. The normalized spacial score (nSPS) is 11.6. The zero-order chi connectivity index (χ0) is 12.1. The first-order chi connectivity index (χ1) is 8.81. The first-order valence-electron chi connectivity index (χ1n) is 5.17. The lowest BCUT2D eigenvalue weighted by molar-refractivity contribution is 0.939. The monoisotopic (exact) mass is 292 g/mol. The highest BCUT2D eigenvalue weighted by molar-refractivity contribution is 7.28. The van der Waals surface area contributed by atoms with Crippen LogP contribution in [0.1, 0.15) is 0 Å². The summed E-state index contributed by atoms with van der Waals surface area (Å²) < 4.78 is 4.19. The van der Waals surface area contributed by atoms with Gasteiger partial charge >= 0.3 is 0 Å². The summed E-state index contributed by atoms with van der Waals surface area (Å²) in [6, 6.07) is 7.74. The van der Waals surface area contributed by atoms with Crippen molar-refractivity contribution in [3.8, 4) is 10.7 Å². The number of hydrogen-bond acceptors (Lipinski definition) is 5. The molecule has 4 rings (SSSR count). The van der Waals surface area contributed by atoms with Gasteiger partial charge in [-0.25, -0.2) is 0 Å². The van der Waals surface area contributed by atoms with Crippen molar-refractivity contribution in [3.63, 3.8) is 0 Å². The Kier molecular flexibility index (Phi) is 2.17. The Balaban J connectivity index is 2.01.